The van der Waals surface area contributed by atoms with Gasteiger partial charge >= 0.3 is 0 Å². The van der Waals surface area contributed by atoms with Crippen LogP contribution in [0.5, 0.6) is 0 Å². The molecule has 0 fully saturated rings. The molecule has 0 radical (unpaired) electrons. The molecule has 4 N–H and O–H groups in total. The van der Waals surface area contributed by atoms with Crippen molar-refractivity contribution in [1.29, 1.82) is 0 Å². The molecule has 0 aliphatic rings. The zero-order chi connectivity index (χ0) is 16.5. The predicted molar refractivity (Wildman–Crippen MR) is 77.0 cm³/mol. The van der Waals surface area contributed by atoms with Crippen molar-refractivity contribution in [2.75, 3.05) is 27.2 Å². The van der Waals surface area contributed by atoms with Crippen LogP contribution in [0.4, 0.5) is 0 Å². The first-order valence-electron chi connectivity index (χ1n) is 6.42. The number of rotatable bonds is 6. The Kier molecular flexibility index (Phi) is 6.48. The van der Waals surface area contributed by atoms with E-state index >= 15 is 0 Å². The van der Waals surface area contributed by atoms with E-state index < -0.39 is 11.8 Å². The second-order valence-electron chi connectivity index (χ2n) is 4.12. The van der Waals surface area contributed by atoms with Crippen LogP contribution in [0.3, 0.4) is 0 Å². The highest BCUT2D eigenvalue weighted by molar-refractivity contribution is 5.98. The normalized spacial score (nSPS) is 9.55. The van der Waals surface area contributed by atoms with Crippen LogP contribution in [0.2, 0.25) is 0 Å². The second-order valence-corrected chi connectivity index (χ2v) is 4.12. The number of amides is 4. The average molecular weight is 307 g/mol. The van der Waals surface area contributed by atoms with Crippen molar-refractivity contribution in [2.45, 2.75) is 0 Å². The van der Waals surface area contributed by atoms with Crippen molar-refractivity contribution < 1.29 is 19.2 Å². The van der Waals surface area contributed by atoms with Gasteiger partial charge in [-0.15, -0.1) is 0 Å². The quantitative estimate of drug-likeness (QED) is 0.484. The summed E-state index contributed by atoms with van der Waals surface area (Å²) in [5.74, 6) is -1.87. The van der Waals surface area contributed by atoms with Crippen LogP contribution >= 0.6 is 0 Å². The Bertz CT molecular complexity index is 540. The van der Waals surface area contributed by atoms with Gasteiger partial charge in [0.15, 0.2) is 0 Å². The van der Waals surface area contributed by atoms with E-state index in [-0.39, 0.29) is 36.3 Å². The van der Waals surface area contributed by atoms with Gasteiger partial charge in [0.2, 0.25) is 11.8 Å². The molecule has 0 atom stereocenters. The zero-order valence-electron chi connectivity index (χ0n) is 12.2. The summed E-state index contributed by atoms with van der Waals surface area (Å²) in [5.41, 5.74) is -0.00649. The van der Waals surface area contributed by atoms with E-state index in [0.717, 1.165) is 0 Å². The molecule has 4 amide bonds. The van der Waals surface area contributed by atoms with Crippen molar-refractivity contribution in [1.82, 2.24) is 26.3 Å². The largest absolute Gasteiger partial charge is 0.358 e. The average Bonchev–Trinajstić information content (AvgIpc) is 2.56. The van der Waals surface area contributed by atoms with E-state index in [1.807, 2.05) is 0 Å². The molecule has 1 heterocycles. The molecule has 0 bridgehead atoms. The molecule has 9 heteroatoms. The predicted octanol–water partition coefficient (Wildman–Crippen LogP) is -1.97. The van der Waals surface area contributed by atoms with Crippen LogP contribution in [-0.2, 0) is 9.59 Å². The maximum absolute atomic E-state index is 11.8. The van der Waals surface area contributed by atoms with Gasteiger partial charge in [0, 0.05) is 14.1 Å². The van der Waals surface area contributed by atoms with E-state index in [9.17, 15) is 19.2 Å². The molecule has 0 unspecified atom stereocenters. The van der Waals surface area contributed by atoms with Crippen molar-refractivity contribution in [3.05, 3.63) is 29.6 Å². The molecule has 0 aliphatic carbocycles. The molecular formula is C13H17N5O4. The summed E-state index contributed by atoms with van der Waals surface area (Å²) in [5, 5.41) is 9.45. The molecular weight excluding hydrogens is 290 g/mol. The first-order chi connectivity index (χ1) is 10.5. The van der Waals surface area contributed by atoms with Crippen LogP contribution < -0.4 is 21.3 Å². The summed E-state index contributed by atoms with van der Waals surface area (Å²) in [7, 11) is 2.90. The van der Waals surface area contributed by atoms with Gasteiger partial charge < -0.3 is 21.3 Å². The molecule has 1 aromatic rings. The van der Waals surface area contributed by atoms with Crippen molar-refractivity contribution in [3.8, 4) is 0 Å². The van der Waals surface area contributed by atoms with Crippen LogP contribution in [0.15, 0.2) is 18.2 Å². The minimum Gasteiger partial charge on any atom is -0.358 e. The van der Waals surface area contributed by atoms with Crippen molar-refractivity contribution >= 4 is 23.6 Å². The second kappa shape index (κ2) is 8.35. The van der Waals surface area contributed by atoms with Gasteiger partial charge in [-0.3, -0.25) is 19.2 Å². The van der Waals surface area contributed by atoms with E-state index in [1.54, 1.807) is 0 Å². The van der Waals surface area contributed by atoms with Crippen LogP contribution in [0.1, 0.15) is 21.0 Å². The lowest BCUT2D eigenvalue weighted by molar-refractivity contribution is -0.120. The number of aromatic nitrogens is 1. The summed E-state index contributed by atoms with van der Waals surface area (Å²) >= 11 is 0. The summed E-state index contributed by atoms with van der Waals surface area (Å²) < 4.78 is 0. The molecule has 0 saturated carbocycles. The third kappa shape index (κ3) is 5.19. The fraction of sp³-hybridized carbons (Fsp3) is 0.308. The molecule has 1 rings (SSSR count). The molecule has 0 aromatic carbocycles. The van der Waals surface area contributed by atoms with Crippen LogP contribution in [0, 0.1) is 0 Å². The van der Waals surface area contributed by atoms with E-state index in [2.05, 4.69) is 26.3 Å². The van der Waals surface area contributed by atoms with Gasteiger partial charge in [-0.25, -0.2) is 4.98 Å². The van der Waals surface area contributed by atoms with Gasteiger partial charge in [0.25, 0.3) is 11.8 Å². The van der Waals surface area contributed by atoms with Gasteiger partial charge in [-0.1, -0.05) is 6.07 Å². The van der Waals surface area contributed by atoms with Crippen LogP contribution in [-0.4, -0.2) is 55.8 Å². The number of carbonyl (C=O) groups is 4. The SMILES string of the molecule is CNC(=O)CNC(=O)c1cccc(C(=O)NCC(=O)NC)n1. The number of hydrogen-bond acceptors (Lipinski definition) is 5. The number of carbonyl (C=O) groups excluding carboxylic acids is 4. The number of pyridine rings is 1. The van der Waals surface area contributed by atoms with Gasteiger partial charge in [-0.2, -0.15) is 0 Å². The third-order valence-electron chi connectivity index (χ3n) is 2.59. The van der Waals surface area contributed by atoms with Gasteiger partial charge in [0.05, 0.1) is 13.1 Å². The number of hydrogen-bond donors (Lipinski definition) is 4. The maximum Gasteiger partial charge on any atom is 0.270 e. The first-order valence-corrected chi connectivity index (χ1v) is 6.42. The van der Waals surface area contributed by atoms with E-state index in [4.69, 9.17) is 0 Å². The highest BCUT2D eigenvalue weighted by atomic mass is 16.2. The lowest BCUT2D eigenvalue weighted by Gasteiger charge is -2.06. The van der Waals surface area contributed by atoms with Crippen LogP contribution in [0.25, 0.3) is 0 Å². The minimum absolute atomic E-state index is 0.00324. The fourth-order valence-electron chi connectivity index (χ4n) is 1.37. The Morgan fingerprint density at radius 3 is 1.64 bits per heavy atom. The molecule has 0 saturated heterocycles. The molecule has 0 aliphatic heterocycles. The number of likely N-dealkylation sites (N-methyl/N-ethyl adjacent to an activating group) is 2. The summed E-state index contributed by atoms with van der Waals surface area (Å²) in [6.45, 7) is -0.381. The molecule has 1 aromatic heterocycles. The first kappa shape index (κ1) is 17.1. The van der Waals surface area contributed by atoms with Crippen molar-refractivity contribution in [3.63, 3.8) is 0 Å². The van der Waals surface area contributed by atoms with Gasteiger partial charge in [-0.05, 0) is 12.1 Å². The number of nitrogens with zero attached hydrogens (tertiary/aromatic N) is 1. The molecule has 0 spiro atoms. The van der Waals surface area contributed by atoms with E-state index in [1.165, 1.54) is 32.3 Å². The highest BCUT2D eigenvalue weighted by Crippen LogP contribution is 1.99. The standard InChI is InChI=1S/C13H17N5O4/c1-14-10(19)6-16-12(21)8-4-3-5-9(18-8)13(22)17-7-11(20)15-2/h3-5H,6-7H2,1-2H3,(H,14,19)(H,15,20)(H,16,21)(H,17,22). The lowest BCUT2D eigenvalue weighted by atomic mass is 10.2. The topological polar surface area (TPSA) is 129 Å². The van der Waals surface area contributed by atoms with Gasteiger partial charge in [0.1, 0.15) is 11.4 Å². The minimum atomic E-state index is -0.579. The highest BCUT2D eigenvalue weighted by Gasteiger charge is 2.13. The zero-order valence-corrected chi connectivity index (χ0v) is 12.2. The number of nitrogens with one attached hydrogen (secondary N) is 4. The lowest BCUT2D eigenvalue weighted by Crippen LogP contribution is -2.37. The monoisotopic (exact) mass is 307 g/mol. The Morgan fingerprint density at radius 1 is 0.864 bits per heavy atom. The smallest absolute Gasteiger partial charge is 0.270 e. The molecule has 22 heavy (non-hydrogen) atoms. The molecule has 9 nitrogen and oxygen atoms in total. The van der Waals surface area contributed by atoms with E-state index in [0.29, 0.717) is 0 Å². The van der Waals surface area contributed by atoms with Crippen molar-refractivity contribution in [2.24, 2.45) is 0 Å². The summed E-state index contributed by atoms with van der Waals surface area (Å²) in [6, 6.07) is 4.31. The summed E-state index contributed by atoms with van der Waals surface area (Å²) in [4.78, 5) is 49.6. The maximum atomic E-state index is 11.8. The third-order valence-corrected chi connectivity index (χ3v) is 2.59. The Morgan fingerprint density at radius 2 is 1.27 bits per heavy atom. The molecule has 118 valence electrons. The fourth-order valence-corrected chi connectivity index (χ4v) is 1.37. The Labute approximate surface area is 126 Å². The Balaban J connectivity index is 2.68. The summed E-state index contributed by atoms with van der Waals surface area (Å²) in [6.07, 6.45) is 0. The Hall–Kier alpha value is -2.97.